The van der Waals surface area contributed by atoms with Crippen molar-refractivity contribution >= 4 is 17.2 Å². The lowest BCUT2D eigenvalue weighted by atomic mass is 9.97. The maximum atomic E-state index is 5.99. The molecular weight excluding hydrogens is 284 g/mol. The average molecular weight is 310 g/mol. The Balaban J connectivity index is 1.80. The molecule has 1 aromatic heterocycles. The summed E-state index contributed by atoms with van der Waals surface area (Å²) in [4.78, 5) is 12.2. The van der Waals surface area contributed by atoms with Gasteiger partial charge in [-0.1, -0.05) is 18.5 Å². The van der Waals surface area contributed by atoms with Gasteiger partial charge in [0.15, 0.2) is 12.4 Å². The Labute approximate surface area is 131 Å². The van der Waals surface area contributed by atoms with Gasteiger partial charge in [-0.25, -0.2) is 4.98 Å². The van der Waals surface area contributed by atoms with Crippen molar-refractivity contribution in [3.8, 4) is 0 Å². The van der Waals surface area contributed by atoms with Crippen molar-refractivity contribution < 1.29 is 4.84 Å². The first-order chi connectivity index (χ1) is 10.1. The van der Waals surface area contributed by atoms with Crippen LogP contribution in [0.1, 0.15) is 50.7 Å². The number of piperidine rings is 1. The van der Waals surface area contributed by atoms with Crippen LogP contribution >= 0.6 is 11.3 Å². The number of hydrogen-bond acceptors (Lipinski definition) is 5. The van der Waals surface area contributed by atoms with Crippen LogP contribution in [0.15, 0.2) is 10.5 Å². The highest BCUT2D eigenvalue weighted by Gasteiger charge is 2.25. The molecule has 21 heavy (non-hydrogen) atoms. The van der Waals surface area contributed by atoms with Crippen LogP contribution in [0.2, 0.25) is 0 Å². The summed E-state index contributed by atoms with van der Waals surface area (Å²) in [5.74, 6) is 0.543. The summed E-state index contributed by atoms with van der Waals surface area (Å²) >= 11 is 1.66. The van der Waals surface area contributed by atoms with E-state index < -0.39 is 0 Å². The van der Waals surface area contributed by atoms with Crippen molar-refractivity contribution in [3.63, 3.8) is 0 Å². The maximum absolute atomic E-state index is 5.99. The van der Waals surface area contributed by atoms with E-state index in [-0.39, 0.29) is 0 Å². The zero-order chi connectivity index (χ0) is 15.2. The van der Waals surface area contributed by atoms with E-state index in [9.17, 15) is 0 Å². The molecule has 0 saturated carbocycles. The molecule has 2 rings (SSSR count). The van der Waals surface area contributed by atoms with Crippen molar-refractivity contribution in [2.75, 3.05) is 6.54 Å². The number of amidine groups is 1. The van der Waals surface area contributed by atoms with E-state index in [0.29, 0.717) is 31.1 Å². The zero-order valence-electron chi connectivity index (χ0n) is 13.2. The number of hydrogen-bond donors (Lipinski definition) is 1. The molecule has 0 spiro atoms. The third kappa shape index (κ3) is 4.68. The number of rotatable bonds is 6. The van der Waals surface area contributed by atoms with Crippen molar-refractivity contribution in [1.82, 2.24) is 9.88 Å². The standard InChI is InChI=1S/C15H26N4OS/c1-4-15-17-13(10-21-15)9-20-18-14(16)8-19-11(2)6-5-7-12(19)3/h10-12H,4-9H2,1-3H3,(H2,16,18)/t11-,12-/m1/s1. The lowest BCUT2D eigenvalue weighted by molar-refractivity contribution is 0.110. The zero-order valence-corrected chi connectivity index (χ0v) is 14.0. The first kappa shape index (κ1) is 16.2. The Morgan fingerprint density at radius 3 is 2.81 bits per heavy atom. The third-order valence-corrected chi connectivity index (χ3v) is 5.06. The first-order valence-electron chi connectivity index (χ1n) is 7.73. The molecule has 1 saturated heterocycles. The monoisotopic (exact) mass is 310 g/mol. The van der Waals surface area contributed by atoms with Gasteiger partial charge in [-0.15, -0.1) is 11.3 Å². The second-order valence-electron chi connectivity index (χ2n) is 5.74. The lowest BCUT2D eigenvalue weighted by Gasteiger charge is -2.38. The van der Waals surface area contributed by atoms with Gasteiger partial charge in [-0.2, -0.15) is 0 Å². The molecule has 0 unspecified atom stereocenters. The van der Waals surface area contributed by atoms with Gasteiger partial charge >= 0.3 is 0 Å². The first-order valence-corrected chi connectivity index (χ1v) is 8.61. The van der Waals surface area contributed by atoms with Gasteiger partial charge in [0.25, 0.3) is 0 Å². The van der Waals surface area contributed by atoms with Crippen LogP contribution in [-0.2, 0) is 17.9 Å². The Bertz CT molecular complexity index is 464. The highest BCUT2D eigenvalue weighted by Crippen LogP contribution is 2.21. The van der Waals surface area contributed by atoms with E-state index in [1.165, 1.54) is 19.3 Å². The molecule has 6 heteroatoms. The highest BCUT2D eigenvalue weighted by atomic mass is 32.1. The molecule has 1 aliphatic heterocycles. The quantitative estimate of drug-likeness (QED) is 0.498. The van der Waals surface area contributed by atoms with E-state index in [1.807, 2.05) is 5.38 Å². The number of nitrogens with zero attached hydrogens (tertiary/aromatic N) is 3. The predicted molar refractivity (Wildman–Crippen MR) is 87.4 cm³/mol. The molecule has 0 aliphatic carbocycles. The van der Waals surface area contributed by atoms with Crippen molar-refractivity contribution in [1.29, 1.82) is 0 Å². The minimum Gasteiger partial charge on any atom is -0.388 e. The normalized spacial score (nSPS) is 24.2. The fourth-order valence-corrected chi connectivity index (χ4v) is 3.49. The largest absolute Gasteiger partial charge is 0.388 e. The minimum absolute atomic E-state index is 0.391. The molecule has 1 fully saturated rings. The van der Waals surface area contributed by atoms with Crippen molar-refractivity contribution in [2.45, 2.75) is 65.1 Å². The Morgan fingerprint density at radius 1 is 1.48 bits per heavy atom. The number of oxime groups is 1. The van der Waals surface area contributed by atoms with E-state index >= 15 is 0 Å². The summed E-state index contributed by atoms with van der Waals surface area (Å²) in [6.45, 7) is 7.68. The Kier molecular flexibility index (Phi) is 5.99. The van der Waals surface area contributed by atoms with Crippen molar-refractivity contribution in [3.05, 3.63) is 16.1 Å². The highest BCUT2D eigenvalue weighted by molar-refractivity contribution is 7.09. The summed E-state index contributed by atoms with van der Waals surface area (Å²) in [6, 6.07) is 1.13. The van der Waals surface area contributed by atoms with Crippen LogP contribution in [0.25, 0.3) is 0 Å². The predicted octanol–water partition coefficient (Wildman–Crippen LogP) is 2.76. The molecule has 118 valence electrons. The molecule has 0 bridgehead atoms. The molecule has 1 aromatic rings. The number of aryl methyl sites for hydroxylation is 1. The van der Waals surface area contributed by atoms with E-state index in [2.05, 4.69) is 35.8 Å². The molecule has 0 radical (unpaired) electrons. The second-order valence-corrected chi connectivity index (χ2v) is 6.69. The van der Waals surface area contributed by atoms with Crippen LogP contribution in [0.4, 0.5) is 0 Å². The third-order valence-electron chi connectivity index (χ3n) is 4.02. The lowest BCUT2D eigenvalue weighted by Crippen LogP contribution is -2.47. The van der Waals surface area contributed by atoms with Gasteiger partial charge in [0.05, 0.1) is 17.2 Å². The summed E-state index contributed by atoms with van der Waals surface area (Å²) in [7, 11) is 0. The molecule has 5 nitrogen and oxygen atoms in total. The van der Waals surface area contributed by atoms with E-state index in [0.717, 1.165) is 17.1 Å². The van der Waals surface area contributed by atoms with Crippen LogP contribution in [0.3, 0.4) is 0 Å². The molecule has 2 heterocycles. The molecule has 0 amide bonds. The van der Waals surface area contributed by atoms with E-state index in [4.69, 9.17) is 10.6 Å². The SMILES string of the molecule is CCc1nc(CO/N=C(/N)CN2[C@H](C)CCC[C@H]2C)cs1. The van der Waals surface area contributed by atoms with Crippen LogP contribution in [-0.4, -0.2) is 34.3 Å². The maximum Gasteiger partial charge on any atom is 0.160 e. The molecule has 1 aliphatic rings. The molecule has 2 atom stereocenters. The fourth-order valence-electron chi connectivity index (χ4n) is 2.76. The Morgan fingerprint density at radius 2 is 2.19 bits per heavy atom. The van der Waals surface area contributed by atoms with Crippen LogP contribution in [0.5, 0.6) is 0 Å². The topological polar surface area (TPSA) is 63.7 Å². The Hall–Kier alpha value is -1.14. The van der Waals surface area contributed by atoms with Crippen molar-refractivity contribution in [2.24, 2.45) is 10.9 Å². The molecule has 2 N–H and O–H groups in total. The number of aromatic nitrogens is 1. The van der Waals surface area contributed by atoms with Gasteiger partial charge in [0.1, 0.15) is 0 Å². The minimum atomic E-state index is 0.391. The summed E-state index contributed by atoms with van der Waals surface area (Å²) < 4.78 is 0. The van der Waals surface area contributed by atoms with Gasteiger partial charge in [0, 0.05) is 17.5 Å². The number of likely N-dealkylation sites (tertiary alicyclic amines) is 1. The molecular formula is C15H26N4OS. The summed E-state index contributed by atoms with van der Waals surface area (Å²) in [5.41, 5.74) is 6.91. The van der Waals surface area contributed by atoms with Crippen LogP contribution < -0.4 is 5.73 Å². The molecule has 0 aromatic carbocycles. The average Bonchev–Trinajstić information content (AvgIpc) is 2.91. The smallest absolute Gasteiger partial charge is 0.160 e. The summed E-state index contributed by atoms with van der Waals surface area (Å²) in [6.07, 6.45) is 4.73. The van der Waals surface area contributed by atoms with Gasteiger partial charge in [0.2, 0.25) is 0 Å². The van der Waals surface area contributed by atoms with E-state index in [1.54, 1.807) is 11.3 Å². The van der Waals surface area contributed by atoms with Gasteiger partial charge in [-0.3, -0.25) is 4.90 Å². The second kappa shape index (κ2) is 7.75. The van der Waals surface area contributed by atoms with Gasteiger partial charge in [-0.05, 0) is 33.1 Å². The number of thiazole rings is 1. The fraction of sp³-hybridized carbons (Fsp3) is 0.733. The van der Waals surface area contributed by atoms with Gasteiger partial charge < -0.3 is 10.6 Å². The van der Waals surface area contributed by atoms with Crippen LogP contribution in [0, 0.1) is 0 Å². The number of nitrogens with two attached hydrogens (primary N) is 1. The summed E-state index contributed by atoms with van der Waals surface area (Å²) in [5, 5.41) is 7.17.